The second-order valence-corrected chi connectivity index (χ2v) is 6.17. The van der Waals surface area contributed by atoms with Crippen molar-refractivity contribution < 1.29 is 18.3 Å². The van der Waals surface area contributed by atoms with E-state index in [4.69, 9.17) is 0 Å². The van der Waals surface area contributed by atoms with Crippen molar-refractivity contribution >= 4 is 27.3 Å². The Hall–Kier alpha value is -2.54. The molecule has 0 aliphatic rings. The van der Waals surface area contributed by atoms with Crippen molar-refractivity contribution in [3.63, 3.8) is 0 Å². The average molecular weight is 306 g/mol. The molecule has 0 fully saturated rings. The molecule has 2 aromatic rings. The van der Waals surface area contributed by atoms with E-state index in [1.807, 2.05) is 0 Å². The lowest BCUT2D eigenvalue weighted by atomic mass is 10.2. The number of anilines is 2. The Kier molecular flexibility index (Phi) is 4.13. The van der Waals surface area contributed by atoms with Gasteiger partial charge < -0.3 is 10.4 Å². The van der Waals surface area contributed by atoms with Crippen molar-refractivity contribution in [1.82, 2.24) is 0 Å². The smallest absolute Gasteiger partial charge is 0.259 e. The maximum atomic E-state index is 12.0. The highest BCUT2D eigenvalue weighted by atomic mass is 32.2. The minimum Gasteiger partial charge on any atom is -0.507 e. The summed E-state index contributed by atoms with van der Waals surface area (Å²) in [5.74, 6) is -0.606. The number of hydrogen-bond donors (Lipinski definition) is 3. The summed E-state index contributed by atoms with van der Waals surface area (Å²) in [6, 6.07) is 12.4. The number of benzene rings is 2. The van der Waals surface area contributed by atoms with Crippen LogP contribution >= 0.6 is 0 Å². The van der Waals surface area contributed by atoms with Crippen molar-refractivity contribution in [1.29, 1.82) is 0 Å². The number of rotatable bonds is 4. The summed E-state index contributed by atoms with van der Waals surface area (Å²) in [6.45, 7) is 0. The van der Waals surface area contributed by atoms with Gasteiger partial charge in [0.25, 0.3) is 5.91 Å². The van der Waals surface area contributed by atoms with Gasteiger partial charge in [-0.05, 0) is 30.3 Å². The molecule has 0 unspecified atom stereocenters. The molecule has 6 nitrogen and oxygen atoms in total. The Labute approximate surface area is 122 Å². The monoisotopic (exact) mass is 306 g/mol. The second-order valence-electron chi connectivity index (χ2n) is 4.43. The van der Waals surface area contributed by atoms with Crippen LogP contribution in [0.25, 0.3) is 0 Å². The van der Waals surface area contributed by atoms with Gasteiger partial charge in [0.2, 0.25) is 10.0 Å². The summed E-state index contributed by atoms with van der Waals surface area (Å²) in [4.78, 5) is 12.0. The lowest BCUT2D eigenvalue weighted by Gasteiger charge is -2.09. The summed E-state index contributed by atoms with van der Waals surface area (Å²) in [6.07, 6.45) is 1.04. The van der Waals surface area contributed by atoms with E-state index in [0.29, 0.717) is 11.4 Å². The number of nitrogens with one attached hydrogen (secondary N) is 2. The van der Waals surface area contributed by atoms with E-state index >= 15 is 0 Å². The van der Waals surface area contributed by atoms with Gasteiger partial charge in [0, 0.05) is 5.69 Å². The first-order valence-corrected chi connectivity index (χ1v) is 7.91. The van der Waals surface area contributed by atoms with Gasteiger partial charge in [-0.15, -0.1) is 0 Å². The maximum Gasteiger partial charge on any atom is 0.259 e. The van der Waals surface area contributed by atoms with Gasteiger partial charge in [-0.25, -0.2) is 8.42 Å². The first kappa shape index (κ1) is 14.9. The number of phenols is 1. The minimum absolute atomic E-state index is 0.125. The lowest BCUT2D eigenvalue weighted by Crippen LogP contribution is -2.13. The van der Waals surface area contributed by atoms with Crippen molar-refractivity contribution in [2.24, 2.45) is 0 Å². The van der Waals surface area contributed by atoms with Gasteiger partial charge in [-0.3, -0.25) is 9.52 Å². The normalized spacial score (nSPS) is 10.9. The van der Waals surface area contributed by atoms with E-state index in [9.17, 15) is 18.3 Å². The Bertz CT molecular complexity index is 772. The van der Waals surface area contributed by atoms with E-state index in [2.05, 4.69) is 10.0 Å². The minimum atomic E-state index is -3.38. The molecular formula is C14H14N2O4S. The van der Waals surface area contributed by atoms with E-state index in [-0.39, 0.29) is 11.3 Å². The first-order chi connectivity index (χ1) is 9.85. The van der Waals surface area contributed by atoms with Gasteiger partial charge in [-0.2, -0.15) is 0 Å². The molecule has 0 saturated heterocycles. The molecule has 7 heteroatoms. The first-order valence-electron chi connectivity index (χ1n) is 6.02. The third-order valence-electron chi connectivity index (χ3n) is 2.57. The van der Waals surface area contributed by atoms with Crippen LogP contribution in [0.4, 0.5) is 11.4 Å². The highest BCUT2D eigenvalue weighted by molar-refractivity contribution is 7.92. The third-order valence-corrected chi connectivity index (χ3v) is 3.18. The number of aromatic hydroxyl groups is 1. The van der Waals surface area contributed by atoms with Crippen LogP contribution in [0, 0.1) is 0 Å². The fourth-order valence-electron chi connectivity index (χ4n) is 1.74. The molecule has 0 aliphatic carbocycles. The number of phenolic OH excluding ortho intramolecular Hbond substituents is 1. The SMILES string of the molecule is CS(=O)(=O)Nc1cccc(NC(=O)c2ccccc2O)c1. The summed E-state index contributed by atoms with van der Waals surface area (Å²) in [5, 5.41) is 12.2. The van der Waals surface area contributed by atoms with E-state index in [0.717, 1.165) is 6.26 Å². The van der Waals surface area contributed by atoms with E-state index < -0.39 is 15.9 Å². The molecule has 0 aromatic heterocycles. The Balaban J connectivity index is 2.19. The largest absolute Gasteiger partial charge is 0.507 e. The van der Waals surface area contributed by atoms with Crippen LogP contribution in [0.15, 0.2) is 48.5 Å². The molecule has 3 N–H and O–H groups in total. The number of amides is 1. The molecule has 21 heavy (non-hydrogen) atoms. The molecule has 0 aliphatic heterocycles. The quantitative estimate of drug-likeness (QED) is 0.805. The van der Waals surface area contributed by atoms with Gasteiger partial charge in [0.1, 0.15) is 5.75 Å². The van der Waals surface area contributed by atoms with Crippen molar-refractivity contribution in [3.05, 3.63) is 54.1 Å². The van der Waals surface area contributed by atoms with Crippen LogP contribution in [0.1, 0.15) is 10.4 Å². The Morgan fingerprint density at radius 1 is 1.05 bits per heavy atom. The maximum absolute atomic E-state index is 12.0. The van der Waals surface area contributed by atoms with Crippen LogP contribution in [0.5, 0.6) is 5.75 Å². The molecule has 110 valence electrons. The van der Waals surface area contributed by atoms with E-state index in [1.165, 1.54) is 18.2 Å². The Morgan fingerprint density at radius 3 is 2.38 bits per heavy atom. The number of hydrogen-bond acceptors (Lipinski definition) is 4. The molecule has 1 amide bonds. The third kappa shape index (κ3) is 4.22. The van der Waals surface area contributed by atoms with Gasteiger partial charge in [0.15, 0.2) is 0 Å². The number of carbonyl (C=O) groups excluding carboxylic acids is 1. The lowest BCUT2D eigenvalue weighted by molar-refractivity contribution is 0.102. The fraction of sp³-hybridized carbons (Fsp3) is 0.0714. The van der Waals surface area contributed by atoms with Gasteiger partial charge >= 0.3 is 0 Å². The zero-order valence-electron chi connectivity index (χ0n) is 11.2. The van der Waals surface area contributed by atoms with Gasteiger partial charge in [0.05, 0.1) is 17.5 Å². The summed E-state index contributed by atoms with van der Waals surface area (Å²) in [7, 11) is -3.38. The zero-order chi connectivity index (χ0) is 15.5. The zero-order valence-corrected chi connectivity index (χ0v) is 12.0. The fourth-order valence-corrected chi connectivity index (χ4v) is 2.29. The average Bonchev–Trinajstić information content (AvgIpc) is 2.37. The van der Waals surface area contributed by atoms with Crippen LogP contribution in [-0.4, -0.2) is 25.7 Å². The number of carbonyl (C=O) groups is 1. The molecule has 2 aromatic carbocycles. The molecular weight excluding hydrogens is 292 g/mol. The van der Waals surface area contributed by atoms with Crippen LogP contribution < -0.4 is 10.0 Å². The van der Waals surface area contributed by atoms with Crippen LogP contribution in [0.3, 0.4) is 0 Å². The number of sulfonamides is 1. The second kappa shape index (κ2) is 5.84. The van der Waals surface area contributed by atoms with Crippen molar-refractivity contribution in [3.8, 4) is 5.75 Å². The standard InChI is InChI=1S/C14H14N2O4S/c1-21(19,20)16-11-6-4-5-10(9-11)15-14(18)12-7-2-3-8-13(12)17/h2-9,16-17H,1H3,(H,15,18). The molecule has 0 heterocycles. The van der Waals surface area contributed by atoms with Crippen LogP contribution in [-0.2, 0) is 10.0 Å². The number of para-hydroxylation sites is 1. The topological polar surface area (TPSA) is 95.5 Å². The molecule has 0 spiro atoms. The molecule has 0 bridgehead atoms. The van der Waals surface area contributed by atoms with Crippen molar-refractivity contribution in [2.75, 3.05) is 16.3 Å². The Morgan fingerprint density at radius 2 is 1.71 bits per heavy atom. The van der Waals surface area contributed by atoms with E-state index in [1.54, 1.807) is 30.3 Å². The molecule has 0 saturated carbocycles. The summed E-state index contributed by atoms with van der Waals surface area (Å²) >= 11 is 0. The molecule has 0 radical (unpaired) electrons. The highest BCUT2D eigenvalue weighted by Gasteiger charge is 2.11. The highest BCUT2D eigenvalue weighted by Crippen LogP contribution is 2.20. The predicted molar refractivity (Wildman–Crippen MR) is 81.0 cm³/mol. The van der Waals surface area contributed by atoms with Crippen molar-refractivity contribution in [2.45, 2.75) is 0 Å². The summed E-state index contributed by atoms with van der Waals surface area (Å²) in [5.41, 5.74) is 0.892. The predicted octanol–water partition coefficient (Wildman–Crippen LogP) is 2.02. The summed E-state index contributed by atoms with van der Waals surface area (Å²) < 4.78 is 24.7. The van der Waals surface area contributed by atoms with Gasteiger partial charge in [-0.1, -0.05) is 18.2 Å². The molecule has 0 atom stereocenters. The van der Waals surface area contributed by atoms with Crippen LogP contribution in [0.2, 0.25) is 0 Å². The molecule has 2 rings (SSSR count).